The maximum Gasteiger partial charge on any atom is 0.264 e. The number of anilines is 1. The highest BCUT2D eigenvalue weighted by Crippen LogP contribution is 2.40. The lowest BCUT2D eigenvalue weighted by atomic mass is 10.1. The predicted molar refractivity (Wildman–Crippen MR) is 122 cm³/mol. The van der Waals surface area contributed by atoms with E-state index in [2.05, 4.69) is 15.0 Å². The Morgan fingerprint density at radius 3 is 2.68 bits per heavy atom. The van der Waals surface area contributed by atoms with Gasteiger partial charge in [-0.15, -0.1) is 23.1 Å². The molecule has 0 saturated heterocycles. The number of rotatable bonds is 3. The van der Waals surface area contributed by atoms with Crippen molar-refractivity contribution in [2.24, 2.45) is 0 Å². The summed E-state index contributed by atoms with van der Waals surface area (Å²) in [5.74, 6) is 0.767. The van der Waals surface area contributed by atoms with Crippen LogP contribution in [0.25, 0.3) is 21.3 Å². The molecular formula is C21H15N5O2S3. The van der Waals surface area contributed by atoms with E-state index >= 15 is 0 Å². The lowest BCUT2D eigenvalue weighted by Crippen LogP contribution is -2.35. The van der Waals surface area contributed by atoms with Crippen molar-refractivity contribution in [2.75, 3.05) is 16.6 Å². The third-order valence-corrected chi connectivity index (χ3v) is 8.71. The first-order valence-electron chi connectivity index (χ1n) is 9.35. The molecule has 7 nitrogen and oxygen atoms in total. The Kier molecular flexibility index (Phi) is 4.89. The normalized spacial score (nSPS) is 13.7. The maximum atomic E-state index is 13.6. The molecular weight excluding hydrogens is 450 g/mol. The highest BCUT2D eigenvalue weighted by molar-refractivity contribution is 8.00. The third kappa shape index (κ3) is 3.54. The van der Waals surface area contributed by atoms with E-state index in [1.807, 2.05) is 31.2 Å². The van der Waals surface area contributed by atoms with Gasteiger partial charge in [-0.3, -0.25) is 4.31 Å². The highest BCUT2D eigenvalue weighted by atomic mass is 32.2. The van der Waals surface area contributed by atoms with Gasteiger partial charge in [0.2, 0.25) is 5.82 Å². The molecule has 154 valence electrons. The van der Waals surface area contributed by atoms with E-state index in [-0.39, 0.29) is 10.7 Å². The second-order valence-corrected chi connectivity index (χ2v) is 11.1. The van der Waals surface area contributed by atoms with Crippen LogP contribution in [-0.2, 0) is 10.0 Å². The molecule has 0 radical (unpaired) electrons. The molecule has 0 N–H and O–H groups in total. The molecule has 2 aromatic carbocycles. The summed E-state index contributed by atoms with van der Waals surface area (Å²) in [6.45, 7) is 2.29. The molecule has 0 bridgehead atoms. The zero-order valence-electron chi connectivity index (χ0n) is 16.3. The average molecular weight is 466 g/mol. The van der Waals surface area contributed by atoms with Gasteiger partial charge in [-0.05, 0) is 42.8 Å². The Hall–Kier alpha value is -3.00. The quantitative estimate of drug-likeness (QED) is 0.446. The fourth-order valence-electron chi connectivity index (χ4n) is 3.47. The summed E-state index contributed by atoms with van der Waals surface area (Å²) in [5, 5.41) is 9.80. The van der Waals surface area contributed by atoms with Crippen LogP contribution in [0.2, 0.25) is 0 Å². The zero-order valence-corrected chi connectivity index (χ0v) is 18.8. The minimum atomic E-state index is -3.74. The monoisotopic (exact) mass is 465 g/mol. The van der Waals surface area contributed by atoms with Crippen molar-refractivity contribution >= 4 is 49.0 Å². The minimum Gasteiger partial charge on any atom is -0.264 e. The van der Waals surface area contributed by atoms with Crippen molar-refractivity contribution in [3.05, 3.63) is 59.6 Å². The minimum absolute atomic E-state index is 0.0927. The maximum absolute atomic E-state index is 13.6. The van der Waals surface area contributed by atoms with E-state index in [1.165, 1.54) is 15.6 Å². The topological polar surface area (TPSA) is 99.8 Å². The number of benzene rings is 2. The number of hydrogen-bond acceptors (Lipinski definition) is 8. The molecule has 2 aromatic heterocycles. The molecule has 0 fully saturated rings. The van der Waals surface area contributed by atoms with Crippen LogP contribution in [0.15, 0.2) is 58.6 Å². The number of sulfonamides is 1. The Bertz CT molecular complexity index is 1460. The van der Waals surface area contributed by atoms with Crippen molar-refractivity contribution in [3.63, 3.8) is 0 Å². The summed E-state index contributed by atoms with van der Waals surface area (Å²) in [6.07, 6.45) is 3.14. The van der Waals surface area contributed by atoms with Gasteiger partial charge in [0.15, 0.2) is 0 Å². The predicted octanol–water partition coefficient (Wildman–Crippen LogP) is 4.23. The van der Waals surface area contributed by atoms with Crippen LogP contribution in [0.3, 0.4) is 0 Å². The first-order valence-corrected chi connectivity index (χ1v) is 12.6. The van der Waals surface area contributed by atoms with E-state index < -0.39 is 10.0 Å². The molecule has 3 heterocycles. The van der Waals surface area contributed by atoms with E-state index in [1.54, 1.807) is 42.4 Å². The number of nitrogens with zero attached hydrogens (tertiary/aromatic N) is 5. The summed E-state index contributed by atoms with van der Waals surface area (Å²) in [7, 11) is -3.74. The second-order valence-electron chi connectivity index (χ2n) is 6.88. The van der Waals surface area contributed by atoms with Crippen molar-refractivity contribution < 1.29 is 8.42 Å². The number of aromatic nitrogens is 3. The number of fused-ring (bicyclic) bond motifs is 2. The SMILES string of the molecule is Cc1nc2ccc(S(=O)(=O)N3CCSc4ccc(-c5cnc(C#N)nc5)cc43)cc2s1. The van der Waals surface area contributed by atoms with Crippen LogP contribution in [0, 0.1) is 18.3 Å². The van der Waals surface area contributed by atoms with Gasteiger partial charge in [-0.25, -0.2) is 23.4 Å². The van der Waals surface area contributed by atoms with E-state index in [0.717, 1.165) is 31.2 Å². The van der Waals surface area contributed by atoms with E-state index in [4.69, 9.17) is 5.26 Å². The molecule has 4 aromatic rings. The molecule has 0 atom stereocenters. The Balaban J connectivity index is 1.58. The van der Waals surface area contributed by atoms with Crippen molar-refractivity contribution in [1.29, 1.82) is 5.26 Å². The number of thioether (sulfide) groups is 1. The van der Waals surface area contributed by atoms with Crippen molar-refractivity contribution in [1.82, 2.24) is 15.0 Å². The van der Waals surface area contributed by atoms with E-state index in [9.17, 15) is 8.42 Å². The Morgan fingerprint density at radius 1 is 1.10 bits per heavy atom. The second kappa shape index (κ2) is 7.60. The smallest absolute Gasteiger partial charge is 0.264 e. The van der Waals surface area contributed by atoms with Crippen LogP contribution < -0.4 is 4.31 Å². The largest absolute Gasteiger partial charge is 0.264 e. The molecule has 0 unspecified atom stereocenters. The van der Waals surface area contributed by atoms with Gasteiger partial charge >= 0.3 is 0 Å². The van der Waals surface area contributed by atoms with Crippen LogP contribution in [-0.4, -0.2) is 35.7 Å². The first kappa shape index (κ1) is 19.9. The summed E-state index contributed by atoms with van der Waals surface area (Å²) < 4.78 is 29.5. The molecule has 31 heavy (non-hydrogen) atoms. The highest BCUT2D eigenvalue weighted by Gasteiger charge is 2.30. The first-order chi connectivity index (χ1) is 15.0. The van der Waals surface area contributed by atoms with Crippen molar-refractivity contribution in [3.8, 4) is 17.2 Å². The lowest BCUT2D eigenvalue weighted by molar-refractivity contribution is 0.591. The van der Waals surface area contributed by atoms with Gasteiger partial charge in [0.25, 0.3) is 10.0 Å². The number of hydrogen-bond donors (Lipinski definition) is 0. The molecule has 1 aliphatic heterocycles. The standard InChI is InChI=1S/C21H15N5O2S3/c1-13-25-17-4-3-16(9-20(17)30-13)31(27,28)26-6-7-29-19-5-2-14(8-18(19)26)15-11-23-21(10-22)24-12-15/h2-5,8-9,11-12H,6-7H2,1H3. The molecule has 0 spiro atoms. The van der Waals surface area contributed by atoms with Crippen LogP contribution in [0.5, 0.6) is 0 Å². The fourth-order valence-corrected chi connectivity index (χ4v) is 7.06. The molecule has 0 aliphatic carbocycles. The molecule has 0 saturated carbocycles. The summed E-state index contributed by atoms with van der Waals surface area (Å²) in [4.78, 5) is 13.6. The third-order valence-electron chi connectivity index (χ3n) is 4.92. The van der Waals surface area contributed by atoms with Gasteiger partial charge in [0.1, 0.15) is 6.07 Å². The molecule has 1 aliphatic rings. The van der Waals surface area contributed by atoms with Crippen molar-refractivity contribution in [2.45, 2.75) is 16.7 Å². The number of thiazole rings is 1. The number of aryl methyl sites for hydroxylation is 1. The van der Waals surface area contributed by atoms with Crippen LogP contribution in [0.1, 0.15) is 10.8 Å². The van der Waals surface area contributed by atoms with Crippen LogP contribution >= 0.6 is 23.1 Å². The fraction of sp³-hybridized carbons (Fsp3) is 0.143. The average Bonchev–Trinajstić information content (AvgIpc) is 3.17. The lowest BCUT2D eigenvalue weighted by Gasteiger charge is -2.30. The van der Waals surface area contributed by atoms with Gasteiger partial charge in [0, 0.05) is 35.2 Å². The Labute approximate surface area is 187 Å². The van der Waals surface area contributed by atoms with Gasteiger partial charge in [-0.2, -0.15) is 5.26 Å². The number of nitriles is 1. The molecule has 10 heteroatoms. The zero-order chi connectivity index (χ0) is 21.6. The van der Waals surface area contributed by atoms with Crippen LogP contribution in [0.4, 0.5) is 5.69 Å². The van der Waals surface area contributed by atoms with Gasteiger partial charge in [-0.1, -0.05) is 6.07 Å². The molecule has 5 rings (SSSR count). The summed E-state index contributed by atoms with van der Waals surface area (Å²) in [6, 6.07) is 12.7. The Morgan fingerprint density at radius 2 is 1.90 bits per heavy atom. The molecule has 0 amide bonds. The van der Waals surface area contributed by atoms with E-state index in [0.29, 0.717) is 18.0 Å². The summed E-state index contributed by atoms with van der Waals surface area (Å²) >= 11 is 3.11. The van der Waals surface area contributed by atoms with Gasteiger partial charge in [0.05, 0.1) is 25.8 Å². The van der Waals surface area contributed by atoms with Gasteiger partial charge < -0.3 is 0 Å². The summed E-state index contributed by atoms with van der Waals surface area (Å²) in [5.41, 5.74) is 2.95.